The molecule has 3 aromatic rings. The number of hydrogen-bond donors (Lipinski definition) is 1. The molecule has 0 atom stereocenters. The van der Waals surface area contributed by atoms with E-state index in [1.807, 2.05) is 35.1 Å². The molecule has 0 unspecified atom stereocenters. The van der Waals surface area contributed by atoms with E-state index in [0.717, 1.165) is 27.5 Å². The van der Waals surface area contributed by atoms with Gasteiger partial charge in [0.05, 0.1) is 0 Å². The normalized spacial score (nSPS) is 17.2. The first-order valence-corrected chi connectivity index (χ1v) is 12.7. The topological polar surface area (TPSA) is 105 Å². The van der Waals surface area contributed by atoms with Gasteiger partial charge in [-0.2, -0.15) is 8.42 Å². The van der Waals surface area contributed by atoms with Gasteiger partial charge in [-0.05, 0) is 35.6 Å². The summed E-state index contributed by atoms with van der Waals surface area (Å²) in [5, 5.41) is 0. The van der Waals surface area contributed by atoms with Crippen LogP contribution in [0.3, 0.4) is 0 Å². The van der Waals surface area contributed by atoms with Crippen LogP contribution in [0.1, 0.15) is 22.3 Å². The number of hydrogen-bond acceptors (Lipinski definition) is 7. The summed E-state index contributed by atoms with van der Waals surface area (Å²) in [6, 6.07) is 11.0. The van der Waals surface area contributed by atoms with Crippen molar-refractivity contribution in [2.45, 2.75) is 26.0 Å². The first-order chi connectivity index (χ1) is 16.9. The molecule has 1 fully saturated rings. The number of carbonyl (C=O) groups is 1. The second kappa shape index (κ2) is 9.59. The van der Waals surface area contributed by atoms with Crippen molar-refractivity contribution in [1.82, 2.24) is 19.6 Å². The molecule has 0 spiro atoms. The van der Waals surface area contributed by atoms with Crippen molar-refractivity contribution in [3.05, 3.63) is 83.2 Å². The Kier molecular flexibility index (Phi) is 6.35. The van der Waals surface area contributed by atoms with E-state index in [2.05, 4.69) is 14.9 Å². The molecule has 5 rings (SSSR count). The summed E-state index contributed by atoms with van der Waals surface area (Å²) in [6.07, 6.45) is 6.27. The van der Waals surface area contributed by atoms with Crippen molar-refractivity contribution in [2.75, 3.05) is 23.9 Å². The predicted octanol–water partition coefficient (Wildman–Crippen LogP) is 1.98. The molecular formula is C24H24FN5O4S. The number of rotatable bonds is 7. The van der Waals surface area contributed by atoms with E-state index in [-0.39, 0.29) is 18.0 Å². The van der Waals surface area contributed by atoms with Gasteiger partial charge in [0, 0.05) is 37.6 Å². The third kappa shape index (κ3) is 4.96. The van der Waals surface area contributed by atoms with Gasteiger partial charge in [0.25, 0.3) is 5.91 Å². The van der Waals surface area contributed by atoms with Crippen molar-refractivity contribution in [3.63, 3.8) is 0 Å². The largest absolute Gasteiger partial charge is 0.487 e. The molecule has 1 saturated heterocycles. The molecule has 0 bridgehead atoms. The highest BCUT2D eigenvalue weighted by molar-refractivity contribution is 7.92. The lowest BCUT2D eigenvalue weighted by Gasteiger charge is -2.31. The molecule has 0 aliphatic carbocycles. The number of anilines is 1. The zero-order valence-corrected chi connectivity index (χ0v) is 19.7. The Bertz CT molecular complexity index is 1340. The van der Waals surface area contributed by atoms with E-state index in [1.165, 1.54) is 6.33 Å². The molecule has 2 aliphatic heterocycles. The van der Waals surface area contributed by atoms with Gasteiger partial charge in [-0.1, -0.05) is 30.3 Å². The van der Waals surface area contributed by atoms with E-state index in [0.29, 0.717) is 31.5 Å². The SMILES string of the molecule is O=C1CN(c2c(OCc3ccccc3)cc3c(c2F)CN(CCc2cncnc2)CC3)S(=O)(=O)N1. The van der Waals surface area contributed by atoms with Crippen LogP contribution in [-0.4, -0.2) is 48.8 Å². The number of nitrogens with one attached hydrogen (secondary N) is 1. The number of halogens is 1. The minimum Gasteiger partial charge on any atom is -0.487 e. The van der Waals surface area contributed by atoms with E-state index in [4.69, 9.17) is 4.74 Å². The van der Waals surface area contributed by atoms with Crippen LogP contribution >= 0.6 is 0 Å². The maximum absolute atomic E-state index is 16.0. The molecule has 9 nitrogen and oxygen atoms in total. The molecular weight excluding hydrogens is 473 g/mol. The van der Waals surface area contributed by atoms with Crippen molar-refractivity contribution >= 4 is 21.8 Å². The minimum atomic E-state index is -4.22. The van der Waals surface area contributed by atoms with Crippen LogP contribution in [0.2, 0.25) is 0 Å². The fourth-order valence-electron chi connectivity index (χ4n) is 4.34. The Hall–Kier alpha value is -3.57. The van der Waals surface area contributed by atoms with Crippen LogP contribution < -0.4 is 13.8 Å². The second-order valence-corrected chi connectivity index (χ2v) is 10.1. The molecule has 0 saturated carbocycles. The lowest BCUT2D eigenvalue weighted by molar-refractivity contribution is -0.117. The summed E-state index contributed by atoms with van der Waals surface area (Å²) < 4.78 is 49.8. The zero-order valence-electron chi connectivity index (χ0n) is 18.9. The van der Waals surface area contributed by atoms with Gasteiger partial charge >= 0.3 is 10.2 Å². The molecule has 3 heterocycles. The first-order valence-electron chi connectivity index (χ1n) is 11.2. The zero-order chi connectivity index (χ0) is 24.4. The second-order valence-electron chi connectivity index (χ2n) is 8.51. The molecule has 182 valence electrons. The lowest BCUT2D eigenvalue weighted by Crippen LogP contribution is -2.35. The Labute approximate surface area is 202 Å². The Morgan fingerprint density at radius 2 is 1.86 bits per heavy atom. The van der Waals surface area contributed by atoms with Gasteiger partial charge < -0.3 is 4.74 Å². The molecule has 1 N–H and O–H groups in total. The van der Waals surface area contributed by atoms with Crippen molar-refractivity contribution in [3.8, 4) is 5.75 Å². The third-order valence-electron chi connectivity index (χ3n) is 6.12. The van der Waals surface area contributed by atoms with Crippen LogP contribution in [0.25, 0.3) is 0 Å². The Balaban J connectivity index is 1.46. The number of benzene rings is 2. The lowest BCUT2D eigenvalue weighted by atomic mass is 9.97. The van der Waals surface area contributed by atoms with Gasteiger partial charge in [-0.25, -0.2) is 23.4 Å². The predicted molar refractivity (Wildman–Crippen MR) is 126 cm³/mol. The van der Waals surface area contributed by atoms with Gasteiger partial charge in [-0.15, -0.1) is 0 Å². The third-order valence-corrected chi connectivity index (χ3v) is 7.49. The van der Waals surface area contributed by atoms with Crippen LogP contribution in [0.4, 0.5) is 10.1 Å². The standard InChI is InChI=1S/C24H24FN5O4S/c25-23-20-13-29(8-6-18-11-26-16-27-12-18)9-7-19(20)10-21(34-15-17-4-2-1-3-5-17)24(23)30-14-22(31)28-35(30,32)33/h1-5,10-12,16H,6-9,13-15H2,(H,28,31). The summed E-state index contributed by atoms with van der Waals surface area (Å²) in [5.41, 5.74) is 2.78. The summed E-state index contributed by atoms with van der Waals surface area (Å²) in [5.74, 6) is -1.30. The van der Waals surface area contributed by atoms with Crippen LogP contribution in [0.15, 0.2) is 55.1 Å². The summed E-state index contributed by atoms with van der Waals surface area (Å²) >= 11 is 0. The highest BCUT2D eigenvalue weighted by Gasteiger charge is 2.39. The average Bonchev–Trinajstić information content (AvgIpc) is 3.14. The molecule has 0 radical (unpaired) electrons. The number of nitrogens with zero attached hydrogens (tertiary/aromatic N) is 4. The van der Waals surface area contributed by atoms with Crippen molar-refractivity contribution in [1.29, 1.82) is 0 Å². The quantitative estimate of drug-likeness (QED) is 0.532. The van der Waals surface area contributed by atoms with Crippen LogP contribution in [0, 0.1) is 5.82 Å². The maximum atomic E-state index is 16.0. The monoisotopic (exact) mass is 497 g/mol. The Morgan fingerprint density at radius 3 is 2.57 bits per heavy atom. The van der Waals surface area contributed by atoms with Crippen LogP contribution in [0.5, 0.6) is 5.75 Å². The maximum Gasteiger partial charge on any atom is 0.326 e. The molecule has 2 aromatic carbocycles. The van der Waals surface area contributed by atoms with E-state index in [1.54, 1.807) is 18.5 Å². The molecule has 11 heteroatoms. The number of amides is 1. The summed E-state index contributed by atoms with van der Waals surface area (Å²) in [4.78, 5) is 22.0. The van der Waals surface area contributed by atoms with Gasteiger partial charge in [0.1, 0.15) is 30.9 Å². The molecule has 35 heavy (non-hydrogen) atoms. The number of aromatic nitrogens is 2. The van der Waals surface area contributed by atoms with E-state index >= 15 is 4.39 Å². The average molecular weight is 498 g/mol. The highest BCUT2D eigenvalue weighted by Crippen LogP contribution is 2.40. The number of ether oxygens (including phenoxy) is 1. The van der Waals surface area contributed by atoms with Gasteiger partial charge in [-0.3, -0.25) is 9.69 Å². The number of fused-ring (bicyclic) bond motifs is 1. The summed E-state index contributed by atoms with van der Waals surface area (Å²) in [7, 11) is -4.22. The van der Waals surface area contributed by atoms with Crippen molar-refractivity contribution < 1.29 is 22.3 Å². The molecule has 2 aliphatic rings. The highest BCUT2D eigenvalue weighted by atomic mass is 32.2. The van der Waals surface area contributed by atoms with E-state index < -0.39 is 28.5 Å². The number of carbonyl (C=O) groups excluding carboxylic acids is 1. The van der Waals surface area contributed by atoms with Gasteiger partial charge in [0.2, 0.25) is 0 Å². The first kappa shape index (κ1) is 23.2. The van der Waals surface area contributed by atoms with Crippen molar-refractivity contribution in [2.24, 2.45) is 0 Å². The minimum absolute atomic E-state index is 0.0973. The fourth-order valence-corrected chi connectivity index (χ4v) is 5.50. The fraction of sp³-hybridized carbons (Fsp3) is 0.292. The summed E-state index contributed by atoms with van der Waals surface area (Å²) in [6.45, 7) is 1.34. The molecule has 1 amide bonds. The Morgan fingerprint density at radius 1 is 1.09 bits per heavy atom. The smallest absolute Gasteiger partial charge is 0.326 e. The molecule has 1 aromatic heterocycles. The van der Waals surface area contributed by atoms with Crippen LogP contribution in [-0.2, 0) is 41.0 Å². The van der Waals surface area contributed by atoms with Gasteiger partial charge in [0.15, 0.2) is 5.82 Å². The van der Waals surface area contributed by atoms with E-state index in [9.17, 15) is 13.2 Å².